The molecule has 0 saturated carbocycles. The van der Waals surface area contributed by atoms with Crippen molar-refractivity contribution in [1.29, 1.82) is 1.28 Å². The van der Waals surface area contributed by atoms with Crippen molar-refractivity contribution in [3.05, 3.63) is 59.2 Å². The maximum atomic E-state index is 6.24. The van der Waals surface area contributed by atoms with Crippen LogP contribution in [0.5, 0.6) is 0 Å². The largest absolute Gasteiger partial charge is 0.141 e. The maximum Gasteiger partial charge on any atom is 0.0543 e. The summed E-state index contributed by atoms with van der Waals surface area (Å²) in [6.45, 7) is 8.24. The highest BCUT2D eigenvalue weighted by molar-refractivity contribution is 7.15. The molecule has 90 valence electrons. The average Bonchev–Trinajstić information content (AvgIpc) is 2.32. The summed E-state index contributed by atoms with van der Waals surface area (Å²) in [7, 11) is 0.333. The molecule has 1 heteroatoms. The Morgan fingerprint density at radius 1 is 0.882 bits per heavy atom. The first-order valence-corrected chi connectivity index (χ1v) is 6.81. The summed E-state index contributed by atoms with van der Waals surface area (Å²) >= 11 is 0. The smallest absolute Gasteiger partial charge is 0.0543 e. The molecule has 0 radical (unpaired) electrons. The molecule has 0 aromatic heterocycles. The Kier molecular flexibility index (Phi) is 4.76. The summed E-state index contributed by atoms with van der Waals surface area (Å²) in [4.78, 5) is 0. The Morgan fingerprint density at radius 2 is 1.41 bits per heavy atom. The summed E-state index contributed by atoms with van der Waals surface area (Å²) < 4.78 is 6.24. The van der Waals surface area contributed by atoms with Crippen LogP contribution in [0.3, 0.4) is 0 Å². The summed E-state index contributed by atoms with van der Waals surface area (Å²) in [5.74, 6) is 0. The van der Waals surface area contributed by atoms with Gasteiger partial charge in [0.25, 0.3) is 0 Å². The number of hydrogen-bond donors (Lipinski definition) is 0. The summed E-state index contributed by atoms with van der Waals surface area (Å²) in [5, 5.41) is 0. The van der Waals surface area contributed by atoms with Gasteiger partial charge in [-0.1, -0.05) is 60.3 Å². The van der Waals surface area contributed by atoms with Crippen molar-refractivity contribution >= 4 is 9.18 Å². The van der Waals surface area contributed by atoms with Crippen molar-refractivity contribution in [2.45, 2.75) is 20.8 Å². The lowest BCUT2D eigenvalue weighted by Gasteiger charge is -2.07. The fraction of sp³-hybridized carbons (Fsp3) is 0.250. The van der Waals surface area contributed by atoms with Crippen molar-refractivity contribution in [1.82, 2.24) is 0 Å². The lowest BCUT2D eigenvalue weighted by molar-refractivity contribution is 1.38. The Balaban J connectivity index is 0.000000492. The maximum absolute atomic E-state index is 6.24. The topological polar surface area (TPSA) is 0 Å². The molecule has 0 spiro atoms. The highest BCUT2D eigenvalue weighted by atomic mass is 31.0. The van der Waals surface area contributed by atoms with E-state index in [1.165, 1.54) is 27.8 Å². The molecule has 0 amide bonds. The van der Waals surface area contributed by atoms with Crippen LogP contribution in [0.4, 0.5) is 0 Å². The molecule has 1 atom stereocenters. The van der Waals surface area contributed by atoms with E-state index in [9.17, 15) is 0 Å². The van der Waals surface area contributed by atoms with Crippen LogP contribution in [0.2, 0.25) is 0 Å². The quantitative estimate of drug-likeness (QED) is 0.636. The predicted octanol–water partition coefficient (Wildman–Crippen LogP) is 4.77. The summed E-state index contributed by atoms with van der Waals surface area (Å²) in [5.41, 5.74) is 6.62. The molecule has 0 aliphatic rings. The molecule has 1 unspecified atom stereocenters. The molecule has 0 nitrogen and oxygen atoms in total. The van der Waals surface area contributed by atoms with Gasteiger partial charge in [-0.15, -0.1) is 9.18 Å². The molecular weight excluding hydrogens is 223 g/mol. The minimum atomic E-state index is 0.333. The zero-order valence-corrected chi connectivity index (χ0v) is 12.0. The zero-order valence-electron chi connectivity index (χ0n) is 12.0. The zero-order chi connectivity index (χ0) is 13.5. The molecular formula is C16H21P. The molecule has 0 heterocycles. The van der Waals surface area contributed by atoms with E-state index in [2.05, 4.69) is 63.2 Å². The number of rotatable bonds is 1. The van der Waals surface area contributed by atoms with Gasteiger partial charge in [0, 0.05) is 0 Å². The van der Waals surface area contributed by atoms with E-state index in [1.54, 1.807) is 0 Å². The lowest BCUT2D eigenvalue weighted by atomic mass is 9.98. The standard InChI is InChI=1S/C15H16.CH5P/c1-11-4-7-14(8-5-11)15-9-6-12(2)10-13(15)3;1-2/h4-10H,1-3H3;2H2,1H3/i;2T. The first kappa shape index (κ1) is 12.3. The van der Waals surface area contributed by atoms with Gasteiger partial charge in [-0.2, -0.15) is 0 Å². The van der Waals surface area contributed by atoms with E-state index in [0.717, 1.165) is 0 Å². The number of hydrogen-bond acceptors (Lipinski definition) is 0. The van der Waals surface area contributed by atoms with Gasteiger partial charge in [-0.3, -0.25) is 0 Å². The molecule has 0 N–H and O–H groups in total. The second-order valence-corrected chi connectivity index (χ2v) is 4.18. The molecule has 0 bridgehead atoms. The minimum absolute atomic E-state index is 0.333. The van der Waals surface area contributed by atoms with Crippen LogP contribution in [0.15, 0.2) is 42.5 Å². The van der Waals surface area contributed by atoms with Crippen molar-refractivity contribution in [3.63, 3.8) is 0 Å². The second kappa shape index (κ2) is 6.57. The number of benzene rings is 2. The fourth-order valence-electron chi connectivity index (χ4n) is 1.87. The van der Waals surface area contributed by atoms with Crippen LogP contribution in [-0.4, -0.2) is 7.94 Å². The van der Waals surface area contributed by atoms with Gasteiger partial charge in [0.2, 0.25) is 0 Å². The Bertz CT molecular complexity index is 489. The van der Waals surface area contributed by atoms with E-state index in [0.29, 0.717) is 9.18 Å². The average molecular weight is 246 g/mol. The third kappa shape index (κ3) is 3.68. The van der Waals surface area contributed by atoms with Crippen LogP contribution in [0.1, 0.15) is 16.7 Å². The Labute approximate surface area is 109 Å². The monoisotopic (exact) mass is 246 g/mol. The molecule has 2 aromatic carbocycles. The third-order valence-corrected chi connectivity index (χ3v) is 2.74. The Hall–Kier alpha value is -1.13. The predicted molar refractivity (Wildman–Crippen MR) is 81.7 cm³/mol. The first-order chi connectivity index (χ1) is 8.58. The van der Waals surface area contributed by atoms with Crippen molar-refractivity contribution in [3.8, 4) is 11.1 Å². The highest BCUT2D eigenvalue weighted by Gasteiger charge is 2.00. The van der Waals surface area contributed by atoms with Gasteiger partial charge in [0.1, 0.15) is 0 Å². The van der Waals surface area contributed by atoms with Crippen molar-refractivity contribution < 1.29 is 0 Å². The normalized spacial score (nSPS) is 10.9. The van der Waals surface area contributed by atoms with Gasteiger partial charge in [0.15, 0.2) is 0 Å². The molecule has 0 saturated heterocycles. The van der Waals surface area contributed by atoms with Crippen LogP contribution in [-0.2, 0) is 0 Å². The fourth-order valence-corrected chi connectivity index (χ4v) is 1.87. The minimum Gasteiger partial charge on any atom is -0.141 e. The highest BCUT2D eigenvalue weighted by Crippen LogP contribution is 2.24. The molecule has 0 fully saturated rings. The van der Waals surface area contributed by atoms with E-state index in [1.807, 2.05) is 6.66 Å². The molecule has 2 aromatic rings. The summed E-state index contributed by atoms with van der Waals surface area (Å²) in [6, 6.07) is 15.3. The number of aryl methyl sites for hydroxylation is 3. The van der Waals surface area contributed by atoms with E-state index >= 15 is 0 Å². The van der Waals surface area contributed by atoms with Crippen molar-refractivity contribution in [2.75, 3.05) is 6.66 Å². The SMILES string of the molecule is Cc1ccc(-c2ccc(C)cc2C)cc1.[3H]PC. The lowest BCUT2D eigenvalue weighted by Crippen LogP contribution is -1.84. The van der Waals surface area contributed by atoms with Gasteiger partial charge >= 0.3 is 0 Å². The van der Waals surface area contributed by atoms with Gasteiger partial charge in [-0.05, 0) is 37.5 Å². The molecule has 0 aliphatic heterocycles. The van der Waals surface area contributed by atoms with Gasteiger partial charge in [0.05, 0.1) is 1.28 Å². The molecule has 17 heavy (non-hydrogen) atoms. The third-order valence-electron chi connectivity index (χ3n) is 2.74. The summed E-state index contributed by atoms with van der Waals surface area (Å²) in [6.07, 6.45) is 0. The van der Waals surface area contributed by atoms with E-state index < -0.39 is 0 Å². The van der Waals surface area contributed by atoms with E-state index in [4.69, 9.17) is 1.28 Å². The van der Waals surface area contributed by atoms with Crippen molar-refractivity contribution in [2.24, 2.45) is 0 Å². The second-order valence-electron chi connectivity index (χ2n) is 4.18. The molecule has 2 rings (SSSR count). The molecule has 0 aliphatic carbocycles. The van der Waals surface area contributed by atoms with E-state index in [-0.39, 0.29) is 0 Å². The van der Waals surface area contributed by atoms with Crippen LogP contribution in [0, 0.1) is 20.8 Å². The Morgan fingerprint density at radius 3 is 1.94 bits per heavy atom. The van der Waals surface area contributed by atoms with Crippen LogP contribution < -0.4 is 0 Å². The van der Waals surface area contributed by atoms with Gasteiger partial charge in [-0.25, -0.2) is 0 Å². The van der Waals surface area contributed by atoms with Crippen LogP contribution >= 0.6 is 9.18 Å². The first-order valence-electron chi connectivity index (χ1n) is 6.31. The van der Waals surface area contributed by atoms with Gasteiger partial charge < -0.3 is 0 Å². The van der Waals surface area contributed by atoms with Crippen LogP contribution in [0.25, 0.3) is 11.1 Å².